The Bertz CT molecular complexity index is 1360. The van der Waals surface area contributed by atoms with E-state index >= 15 is 0 Å². The number of benzene rings is 2. The zero-order valence-electron chi connectivity index (χ0n) is 19.7. The van der Waals surface area contributed by atoms with Gasteiger partial charge in [0, 0.05) is 12.6 Å². The number of rotatable bonds is 7. The lowest BCUT2D eigenvalue weighted by Crippen LogP contribution is -2.28. The number of aromatic amines is 1. The van der Waals surface area contributed by atoms with Crippen molar-refractivity contribution < 1.29 is 9.90 Å². The first-order chi connectivity index (χ1) is 17.0. The number of nitrogens with one attached hydrogen (secondary N) is 1. The minimum atomic E-state index is -0.401. The van der Waals surface area contributed by atoms with Crippen molar-refractivity contribution in [3.8, 4) is 0 Å². The standard InChI is InChI=1S/C28H29N3O3S/c1-31(17-24-29-23-13-14-35-26(23)27(33)30-24)28(34)21-10-7-18(8-11-21)15-19-9-12-22(16-19)25(32)20-5-3-2-4-6-20/h2-8,10-11,13-14,19,22,25,32H,9,12,15-17H2,1H3,(H,29,30,33)/t19-,22-,25+/m0/s1. The lowest BCUT2D eigenvalue weighted by Gasteiger charge is -2.19. The van der Waals surface area contributed by atoms with Crippen molar-refractivity contribution in [1.29, 1.82) is 0 Å². The van der Waals surface area contributed by atoms with E-state index < -0.39 is 6.10 Å². The van der Waals surface area contributed by atoms with Crippen molar-refractivity contribution in [1.82, 2.24) is 14.9 Å². The van der Waals surface area contributed by atoms with Gasteiger partial charge in [0.15, 0.2) is 0 Å². The van der Waals surface area contributed by atoms with Crippen LogP contribution in [0.3, 0.4) is 0 Å². The molecule has 1 aliphatic carbocycles. The SMILES string of the molecule is CN(Cc1nc2ccsc2c(=O)[nH]1)C(=O)c1ccc(C[C@@H]2CC[C@H]([C@H](O)c3ccccc3)C2)cc1. The van der Waals surface area contributed by atoms with Gasteiger partial charge in [-0.3, -0.25) is 9.59 Å². The highest BCUT2D eigenvalue weighted by atomic mass is 32.1. The molecule has 7 heteroatoms. The van der Waals surface area contributed by atoms with Gasteiger partial charge in [-0.2, -0.15) is 0 Å². The molecule has 0 unspecified atom stereocenters. The summed E-state index contributed by atoms with van der Waals surface area (Å²) >= 11 is 1.36. The second kappa shape index (κ2) is 10.1. The van der Waals surface area contributed by atoms with Crippen molar-refractivity contribution in [3.63, 3.8) is 0 Å². The van der Waals surface area contributed by atoms with E-state index in [1.54, 1.807) is 11.9 Å². The summed E-state index contributed by atoms with van der Waals surface area (Å²) in [5, 5.41) is 12.6. The number of aliphatic hydroxyl groups excluding tert-OH is 1. The number of fused-ring (bicyclic) bond motifs is 1. The van der Waals surface area contributed by atoms with Gasteiger partial charge >= 0.3 is 0 Å². The number of carbonyl (C=O) groups excluding carboxylic acids is 1. The zero-order valence-corrected chi connectivity index (χ0v) is 20.5. The van der Waals surface area contributed by atoms with E-state index in [2.05, 4.69) is 9.97 Å². The van der Waals surface area contributed by atoms with Gasteiger partial charge in [0.25, 0.3) is 11.5 Å². The Morgan fingerprint density at radius 3 is 2.69 bits per heavy atom. The predicted octanol–water partition coefficient (Wildman–Crippen LogP) is 4.95. The Morgan fingerprint density at radius 1 is 1.14 bits per heavy atom. The maximum Gasteiger partial charge on any atom is 0.268 e. The van der Waals surface area contributed by atoms with E-state index in [9.17, 15) is 14.7 Å². The van der Waals surface area contributed by atoms with Crippen LogP contribution < -0.4 is 5.56 Å². The van der Waals surface area contributed by atoms with Gasteiger partial charge < -0.3 is 15.0 Å². The third-order valence-corrected chi connectivity index (χ3v) is 7.89. The lowest BCUT2D eigenvalue weighted by molar-refractivity contribution is 0.0781. The first kappa shape index (κ1) is 23.5. The monoisotopic (exact) mass is 487 g/mol. The average molecular weight is 488 g/mol. The maximum absolute atomic E-state index is 12.9. The van der Waals surface area contributed by atoms with Crippen LogP contribution in [0.25, 0.3) is 10.2 Å². The second-order valence-corrected chi connectivity index (χ2v) is 10.4. The van der Waals surface area contributed by atoms with Crippen LogP contribution in [0.15, 0.2) is 70.8 Å². The number of H-pyrrole nitrogens is 1. The average Bonchev–Trinajstić information content (AvgIpc) is 3.54. The first-order valence-corrected chi connectivity index (χ1v) is 12.9. The highest BCUT2D eigenvalue weighted by Gasteiger charge is 2.30. The van der Waals surface area contributed by atoms with Gasteiger partial charge in [0.2, 0.25) is 0 Å². The normalized spacial score (nSPS) is 18.6. The second-order valence-electron chi connectivity index (χ2n) is 9.50. The van der Waals surface area contributed by atoms with Crippen LogP contribution in [0.4, 0.5) is 0 Å². The molecule has 1 aliphatic rings. The molecule has 2 aromatic heterocycles. The van der Waals surface area contributed by atoms with Crippen molar-refractivity contribution in [2.24, 2.45) is 11.8 Å². The number of aromatic nitrogens is 2. The number of carbonyl (C=O) groups is 1. The molecule has 1 amide bonds. The molecule has 2 N–H and O–H groups in total. The van der Waals surface area contributed by atoms with Crippen LogP contribution in [-0.2, 0) is 13.0 Å². The highest BCUT2D eigenvalue weighted by molar-refractivity contribution is 7.17. The third kappa shape index (κ3) is 5.21. The van der Waals surface area contributed by atoms with Crippen LogP contribution in [0.1, 0.15) is 52.7 Å². The molecule has 1 saturated carbocycles. The van der Waals surface area contributed by atoms with E-state index in [0.29, 0.717) is 33.4 Å². The molecular weight excluding hydrogens is 458 g/mol. The van der Waals surface area contributed by atoms with Crippen molar-refractivity contribution in [2.45, 2.75) is 38.3 Å². The quantitative estimate of drug-likeness (QED) is 0.386. The molecule has 1 fully saturated rings. The van der Waals surface area contributed by atoms with Crippen LogP contribution >= 0.6 is 11.3 Å². The fraction of sp³-hybridized carbons (Fsp3) is 0.321. The van der Waals surface area contributed by atoms with Crippen LogP contribution in [-0.4, -0.2) is 32.9 Å². The minimum Gasteiger partial charge on any atom is -0.388 e. The number of amides is 1. The van der Waals surface area contributed by atoms with Gasteiger partial charge in [0.1, 0.15) is 10.5 Å². The van der Waals surface area contributed by atoms with Gasteiger partial charge in [-0.15, -0.1) is 11.3 Å². The number of thiophene rings is 1. The van der Waals surface area contributed by atoms with E-state index in [0.717, 1.165) is 31.2 Å². The summed E-state index contributed by atoms with van der Waals surface area (Å²) in [6.07, 6.45) is 3.71. The van der Waals surface area contributed by atoms with Crippen molar-refractivity contribution in [2.75, 3.05) is 7.05 Å². The van der Waals surface area contributed by atoms with Gasteiger partial charge in [-0.25, -0.2) is 4.98 Å². The molecule has 2 aromatic carbocycles. The van der Waals surface area contributed by atoms with Gasteiger partial charge in [-0.1, -0.05) is 42.5 Å². The number of nitrogens with zero attached hydrogens (tertiary/aromatic N) is 2. The van der Waals surface area contributed by atoms with Crippen LogP contribution in [0.5, 0.6) is 0 Å². The van der Waals surface area contributed by atoms with Crippen molar-refractivity contribution in [3.05, 3.63) is 98.9 Å². The Labute approximate surface area is 208 Å². The molecule has 3 atom stereocenters. The lowest BCUT2D eigenvalue weighted by atomic mass is 9.91. The molecule has 180 valence electrons. The van der Waals surface area contributed by atoms with Gasteiger partial charge in [-0.05, 0) is 72.2 Å². The Kier molecular flexibility index (Phi) is 6.79. The minimum absolute atomic E-state index is 0.114. The molecule has 2 heterocycles. The molecule has 4 aromatic rings. The Morgan fingerprint density at radius 2 is 1.91 bits per heavy atom. The zero-order chi connectivity index (χ0) is 24.4. The maximum atomic E-state index is 12.9. The smallest absolute Gasteiger partial charge is 0.268 e. The number of aliphatic hydroxyl groups is 1. The number of hydrogen-bond acceptors (Lipinski definition) is 5. The predicted molar refractivity (Wildman–Crippen MR) is 138 cm³/mol. The van der Waals surface area contributed by atoms with E-state index in [1.165, 1.54) is 16.9 Å². The molecule has 5 rings (SSSR count). The molecule has 0 bridgehead atoms. The van der Waals surface area contributed by atoms with Crippen LogP contribution in [0, 0.1) is 11.8 Å². The Hall–Kier alpha value is -3.29. The summed E-state index contributed by atoms with van der Waals surface area (Å²) in [7, 11) is 1.71. The molecular formula is C28H29N3O3S. The van der Waals surface area contributed by atoms with E-state index in [1.807, 2.05) is 66.0 Å². The molecule has 35 heavy (non-hydrogen) atoms. The molecule has 0 spiro atoms. The van der Waals surface area contributed by atoms with Gasteiger partial charge in [0.05, 0.1) is 18.2 Å². The molecule has 0 saturated heterocycles. The number of hydrogen-bond donors (Lipinski definition) is 2. The van der Waals surface area contributed by atoms with Crippen molar-refractivity contribution >= 4 is 27.5 Å². The fourth-order valence-corrected chi connectivity index (χ4v) is 5.86. The molecule has 6 nitrogen and oxygen atoms in total. The summed E-state index contributed by atoms with van der Waals surface area (Å²) in [6.45, 7) is 0.231. The van der Waals surface area contributed by atoms with E-state index in [-0.39, 0.29) is 18.0 Å². The topological polar surface area (TPSA) is 86.3 Å². The summed E-state index contributed by atoms with van der Waals surface area (Å²) in [5.74, 6) is 1.20. The summed E-state index contributed by atoms with van der Waals surface area (Å²) in [4.78, 5) is 33.9. The van der Waals surface area contributed by atoms with Crippen LogP contribution in [0.2, 0.25) is 0 Å². The summed E-state index contributed by atoms with van der Waals surface area (Å²) < 4.78 is 0.599. The fourth-order valence-electron chi connectivity index (χ4n) is 5.14. The highest BCUT2D eigenvalue weighted by Crippen LogP contribution is 2.40. The largest absolute Gasteiger partial charge is 0.388 e. The molecule has 0 aliphatic heterocycles. The molecule has 0 radical (unpaired) electrons. The Balaban J connectivity index is 1.17. The third-order valence-electron chi connectivity index (χ3n) is 6.99. The summed E-state index contributed by atoms with van der Waals surface area (Å²) in [6, 6.07) is 19.5. The summed E-state index contributed by atoms with van der Waals surface area (Å²) in [5.41, 5.74) is 3.30. The van der Waals surface area contributed by atoms with E-state index in [4.69, 9.17) is 0 Å². The first-order valence-electron chi connectivity index (χ1n) is 12.0.